The summed E-state index contributed by atoms with van der Waals surface area (Å²) >= 11 is 0. The number of nitrogens with two attached hydrogens (primary N) is 1. The first kappa shape index (κ1) is 21.7. The van der Waals surface area contributed by atoms with Crippen LogP contribution < -0.4 is 15.2 Å². The number of carbonyl (C=O) groups is 3. The number of methoxy groups -OCH3 is 1. The molecular formula is C21H24N2O6. The zero-order valence-corrected chi connectivity index (χ0v) is 16.2. The first-order valence-corrected chi connectivity index (χ1v) is 9.05. The van der Waals surface area contributed by atoms with Crippen LogP contribution in [0.1, 0.15) is 22.3 Å². The summed E-state index contributed by atoms with van der Waals surface area (Å²) in [5.41, 5.74) is 6.28. The number of ether oxygens (including phenoxy) is 2. The molecule has 2 rings (SSSR count). The van der Waals surface area contributed by atoms with Crippen molar-refractivity contribution in [1.82, 2.24) is 4.90 Å². The Bertz CT molecular complexity index is 854. The Morgan fingerprint density at radius 1 is 1.10 bits per heavy atom. The number of benzene rings is 2. The van der Waals surface area contributed by atoms with Gasteiger partial charge in [0.05, 0.1) is 13.7 Å². The smallest absolute Gasteiger partial charge is 0.339 e. The normalized spacial score (nSPS) is 10.2. The Hall–Kier alpha value is -3.55. The number of carboxylic acid groups (broad SMARTS) is 1. The number of hydrogen-bond acceptors (Lipinski definition) is 5. The van der Waals surface area contributed by atoms with Gasteiger partial charge in [0.25, 0.3) is 5.91 Å². The first-order valence-electron chi connectivity index (χ1n) is 9.05. The standard InChI is InChI=1S/C21H24N2O6/c1-28-16-9-10-17(21(26)27)18(12-16)29-14-20(25)23(13-19(22)24)11-5-8-15-6-3-2-4-7-15/h2-4,6-7,9-10,12H,5,8,11,13-14H2,1H3,(H2,22,24)(H,26,27). The predicted molar refractivity (Wildman–Crippen MR) is 106 cm³/mol. The number of nitrogens with zero attached hydrogens (tertiary/aromatic N) is 1. The van der Waals surface area contributed by atoms with E-state index < -0.39 is 24.4 Å². The van der Waals surface area contributed by atoms with Gasteiger partial charge in [0.2, 0.25) is 5.91 Å². The molecule has 29 heavy (non-hydrogen) atoms. The maximum Gasteiger partial charge on any atom is 0.339 e. The molecule has 0 aliphatic rings. The molecule has 0 heterocycles. The Kier molecular flexibility index (Phi) is 8.02. The second-order valence-corrected chi connectivity index (χ2v) is 6.33. The van der Waals surface area contributed by atoms with Gasteiger partial charge in [0, 0.05) is 12.6 Å². The number of aryl methyl sites for hydroxylation is 1. The SMILES string of the molecule is COc1ccc(C(=O)O)c(OCC(=O)N(CCCc2ccccc2)CC(N)=O)c1. The molecule has 0 bridgehead atoms. The topological polar surface area (TPSA) is 119 Å². The van der Waals surface area contributed by atoms with Gasteiger partial charge in [-0.25, -0.2) is 4.79 Å². The summed E-state index contributed by atoms with van der Waals surface area (Å²) in [5, 5.41) is 9.27. The Balaban J connectivity index is 2.00. The average molecular weight is 400 g/mol. The minimum absolute atomic E-state index is 0.00788. The van der Waals surface area contributed by atoms with Crippen molar-refractivity contribution in [1.29, 1.82) is 0 Å². The van der Waals surface area contributed by atoms with Crippen LogP contribution in [0.2, 0.25) is 0 Å². The molecular weight excluding hydrogens is 376 g/mol. The number of aromatic carboxylic acids is 1. The van der Waals surface area contributed by atoms with Gasteiger partial charge < -0.3 is 25.2 Å². The molecule has 2 aromatic carbocycles. The van der Waals surface area contributed by atoms with Gasteiger partial charge >= 0.3 is 5.97 Å². The van der Waals surface area contributed by atoms with Gasteiger partial charge in [0.15, 0.2) is 6.61 Å². The van der Waals surface area contributed by atoms with E-state index in [1.807, 2.05) is 30.3 Å². The molecule has 8 heteroatoms. The van der Waals surface area contributed by atoms with Gasteiger partial charge in [-0.2, -0.15) is 0 Å². The third-order valence-corrected chi connectivity index (χ3v) is 4.21. The first-order chi connectivity index (χ1) is 13.9. The van der Waals surface area contributed by atoms with E-state index in [-0.39, 0.29) is 17.9 Å². The second kappa shape index (κ2) is 10.7. The minimum atomic E-state index is -1.19. The molecule has 0 aliphatic heterocycles. The van der Waals surface area contributed by atoms with E-state index in [1.54, 1.807) is 0 Å². The highest BCUT2D eigenvalue weighted by Gasteiger charge is 2.19. The number of carboxylic acids is 1. The van der Waals surface area contributed by atoms with Gasteiger partial charge in [-0.05, 0) is 30.5 Å². The fraction of sp³-hybridized carbons (Fsp3) is 0.286. The summed E-state index contributed by atoms with van der Waals surface area (Å²) in [4.78, 5) is 36.5. The molecule has 0 radical (unpaired) electrons. The number of primary amides is 1. The van der Waals surface area contributed by atoms with Crippen LogP contribution in [-0.4, -0.2) is 54.6 Å². The number of carbonyl (C=O) groups excluding carboxylic acids is 2. The molecule has 0 spiro atoms. The van der Waals surface area contributed by atoms with Crippen LogP contribution >= 0.6 is 0 Å². The molecule has 0 unspecified atom stereocenters. The summed E-state index contributed by atoms with van der Waals surface area (Å²) in [6, 6.07) is 14.0. The van der Waals surface area contributed by atoms with Crippen LogP contribution in [0, 0.1) is 0 Å². The molecule has 0 aromatic heterocycles. The van der Waals surface area contributed by atoms with Crippen molar-refractivity contribution in [3.63, 3.8) is 0 Å². The quantitative estimate of drug-likeness (QED) is 0.593. The molecule has 2 amide bonds. The number of amides is 2. The summed E-state index contributed by atoms with van der Waals surface area (Å²) in [6.07, 6.45) is 1.38. The molecule has 154 valence electrons. The van der Waals surface area contributed by atoms with Crippen molar-refractivity contribution in [3.8, 4) is 11.5 Å². The third kappa shape index (κ3) is 6.84. The van der Waals surface area contributed by atoms with E-state index in [1.165, 1.54) is 30.2 Å². The highest BCUT2D eigenvalue weighted by atomic mass is 16.5. The number of rotatable bonds is 11. The lowest BCUT2D eigenvalue weighted by atomic mass is 10.1. The van der Waals surface area contributed by atoms with Crippen molar-refractivity contribution in [2.45, 2.75) is 12.8 Å². The van der Waals surface area contributed by atoms with Gasteiger partial charge in [-0.1, -0.05) is 30.3 Å². The van der Waals surface area contributed by atoms with Crippen LogP contribution in [0.3, 0.4) is 0 Å². The van der Waals surface area contributed by atoms with Crippen LogP contribution in [0.25, 0.3) is 0 Å². The van der Waals surface area contributed by atoms with E-state index in [2.05, 4.69) is 0 Å². The van der Waals surface area contributed by atoms with Crippen LogP contribution in [0.15, 0.2) is 48.5 Å². The molecule has 0 saturated heterocycles. The van der Waals surface area contributed by atoms with E-state index in [0.29, 0.717) is 18.7 Å². The van der Waals surface area contributed by atoms with E-state index in [4.69, 9.17) is 15.2 Å². The number of hydrogen-bond donors (Lipinski definition) is 2. The second-order valence-electron chi connectivity index (χ2n) is 6.33. The van der Waals surface area contributed by atoms with E-state index >= 15 is 0 Å². The van der Waals surface area contributed by atoms with Gasteiger partial charge in [-0.15, -0.1) is 0 Å². The molecule has 0 saturated carbocycles. The predicted octanol–water partition coefficient (Wildman–Crippen LogP) is 1.72. The Labute approximate surface area is 168 Å². The van der Waals surface area contributed by atoms with E-state index in [0.717, 1.165) is 12.0 Å². The maximum absolute atomic E-state index is 12.5. The van der Waals surface area contributed by atoms with Crippen molar-refractivity contribution in [2.24, 2.45) is 5.73 Å². The fourth-order valence-corrected chi connectivity index (χ4v) is 2.76. The highest BCUT2D eigenvalue weighted by Crippen LogP contribution is 2.25. The lowest BCUT2D eigenvalue weighted by Gasteiger charge is -2.21. The molecule has 0 atom stereocenters. The maximum atomic E-state index is 12.5. The molecule has 2 aromatic rings. The highest BCUT2D eigenvalue weighted by molar-refractivity contribution is 5.91. The molecule has 0 fully saturated rings. The van der Waals surface area contributed by atoms with Crippen molar-refractivity contribution in [3.05, 3.63) is 59.7 Å². The molecule has 0 aliphatic carbocycles. The lowest BCUT2D eigenvalue weighted by molar-refractivity contribution is -0.137. The Morgan fingerprint density at radius 2 is 1.83 bits per heavy atom. The Morgan fingerprint density at radius 3 is 2.45 bits per heavy atom. The van der Waals surface area contributed by atoms with Crippen molar-refractivity contribution in [2.75, 3.05) is 26.8 Å². The van der Waals surface area contributed by atoms with Gasteiger partial charge in [0.1, 0.15) is 17.1 Å². The minimum Gasteiger partial charge on any atom is -0.497 e. The summed E-state index contributed by atoms with van der Waals surface area (Å²) in [7, 11) is 1.44. The summed E-state index contributed by atoms with van der Waals surface area (Å²) in [6.45, 7) is -0.336. The van der Waals surface area contributed by atoms with E-state index in [9.17, 15) is 19.5 Å². The average Bonchev–Trinajstić information content (AvgIpc) is 2.71. The zero-order valence-electron chi connectivity index (χ0n) is 16.2. The van der Waals surface area contributed by atoms with Crippen molar-refractivity contribution < 1.29 is 29.0 Å². The lowest BCUT2D eigenvalue weighted by Crippen LogP contribution is -2.41. The molecule has 3 N–H and O–H groups in total. The summed E-state index contributed by atoms with van der Waals surface area (Å²) < 4.78 is 10.5. The largest absolute Gasteiger partial charge is 0.497 e. The third-order valence-electron chi connectivity index (χ3n) is 4.21. The summed E-state index contributed by atoms with van der Waals surface area (Å²) in [5.74, 6) is -1.88. The van der Waals surface area contributed by atoms with Crippen LogP contribution in [0.4, 0.5) is 0 Å². The monoisotopic (exact) mass is 400 g/mol. The zero-order chi connectivity index (χ0) is 21.2. The van der Waals surface area contributed by atoms with Crippen LogP contribution in [-0.2, 0) is 16.0 Å². The van der Waals surface area contributed by atoms with Crippen LogP contribution in [0.5, 0.6) is 11.5 Å². The van der Waals surface area contributed by atoms with Gasteiger partial charge in [-0.3, -0.25) is 9.59 Å². The molecule has 8 nitrogen and oxygen atoms in total. The van der Waals surface area contributed by atoms with Crippen molar-refractivity contribution >= 4 is 17.8 Å². The fourth-order valence-electron chi connectivity index (χ4n) is 2.76.